The second-order valence-electron chi connectivity index (χ2n) is 6.36. The van der Waals surface area contributed by atoms with Gasteiger partial charge in [-0.15, -0.1) is 0 Å². The summed E-state index contributed by atoms with van der Waals surface area (Å²) in [5, 5.41) is 6.40. The molecule has 7 heteroatoms. The predicted octanol–water partition coefficient (Wildman–Crippen LogP) is 3.93. The molecule has 0 unspecified atom stereocenters. The highest BCUT2D eigenvalue weighted by Crippen LogP contribution is 2.48. The third-order valence-corrected chi connectivity index (χ3v) is 4.84. The van der Waals surface area contributed by atoms with Crippen LogP contribution in [-0.2, 0) is 5.54 Å². The number of carbonyl (C=O) groups excluding carboxylic acids is 1. The van der Waals surface area contributed by atoms with Crippen molar-refractivity contribution in [2.24, 2.45) is 0 Å². The monoisotopic (exact) mass is 374 g/mol. The molecule has 136 valence electrons. The maximum atomic E-state index is 12.5. The van der Waals surface area contributed by atoms with Gasteiger partial charge in [-0.3, -0.25) is 0 Å². The van der Waals surface area contributed by atoms with Crippen molar-refractivity contribution >= 4 is 23.3 Å². The minimum atomic E-state index is -0.383. The van der Waals surface area contributed by atoms with E-state index in [0.29, 0.717) is 29.7 Å². The van der Waals surface area contributed by atoms with E-state index >= 15 is 0 Å². The molecule has 0 atom stereocenters. The molecule has 0 bridgehead atoms. The van der Waals surface area contributed by atoms with Gasteiger partial charge in [0, 0.05) is 5.02 Å². The fourth-order valence-electron chi connectivity index (χ4n) is 3.10. The molecule has 2 amide bonds. The lowest BCUT2D eigenvalue weighted by Crippen LogP contribution is -2.38. The van der Waals surface area contributed by atoms with E-state index in [1.165, 1.54) is 0 Å². The summed E-state index contributed by atoms with van der Waals surface area (Å²) < 4.78 is 16.5. The van der Waals surface area contributed by atoms with Gasteiger partial charge < -0.3 is 24.8 Å². The zero-order chi connectivity index (χ0) is 18.1. The van der Waals surface area contributed by atoms with Crippen LogP contribution in [0.25, 0.3) is 0 Å². The average Bonchev–Trinajstić information content (AvgIpc) is 3.42. The summed E-state index contributed by atoms with van der Waals surface area (Å²) in [6.45, 7) is 1.09. The van der Waals surface area contributed by atoms with Crippen molar-refractivity contribution in [1.29, 1.82) is 0 Å². The number of carbonyl (C=O) groups is 1. The largest absolute Gasteiger partial charge is 0.495 e. The Balaban J connectivity index is 1.50. The molecule has 6 nitrogen and oxygen atoms in total. The van der Waals surface area contributed by atoms with Crippen molar-refractivity contribution in [3.05, 3.63) is 47.0 Å². The predicted molar refractivity (Wildman–Crippen MR) is 98.5 cm³/mol. The van der Waals surface area contributed by atoms with Gasteiger partial charge in [0.2, 0.25) is 0 Å². The van der Waals surface area contributed by atoms with Crippen LogP contribution in [0.15, 0.2) is 36.4 Å². The molecule has 1 saturated carbocycles. The molecule has 4 rings (SSSR count). The zero-order valence-electron chi connectivity index (χ0n) is 14.3. The maximum Gasteiger partial charge on any atom is 0.320 e. The lowest BCUT2D eigenvalue weighted by molar-refractivity contribution is 0.171. The Bertz CT molecular complexity index is 851. The lowest BCUT2D eigenvalue weighted by atomic mass is 10.0. The number of amides is 2. The van der Waals surface area contributed by atoms with Gasteiger partial charge in [-0.05, 0) is 48.7 Å². The van der Waals surface area contributed by atoms with E-state index in [0.717, 1.165) is 29.9 Å². The molecule has 2 aromatic carbocycles. The Morgan fingerprint density at radius 1 is 1.12 bits per heavy atom. The van der Waals surface area contributed by atoms with Gasteiger partial charge in [0.15, 0.2) is 11.5 Å². The smallest absolute Gasteiger partial charge is 0.320 e. The summed E-state index contributed by atoms with van der Waals surface area (Å²) in [7, 11) is 1.55. The Morgan fingerprint density at radius 2 is 1.88 bits per heavy atom. The van der Waals surface area contributed by atoms with Gasteiger partial charge in [-0.1, -0.05) is 17.7 Å². The molecule has 2 aliphatic rings. The third kappa shape index (κ3) is 3.24. The molecule has 0 saturated heterocycles. The Hall–Kier alpha value is -2.60. The highest BCUT2D eigenvalue weighted by molar-refractivity contribution is 6.31. The number of benzene rings is 2. The van der Waals surface area contributed by atoms with E-state index in [9.17, 15) is 4.79 Å². The summed E-state index contributed by atoms with van der Waals surface area (Å²) in [5.74, 6) is 2.01. The highest BCUT2D eigenvalue weighted by Gasteiger charge is 2.46. The quantitative estimate of drug-likeness (QED) is 0.850. The van der Waals surface area contributed by atoms with Gasteiger partial charge in [0.1, 0.15) is 19.0 Å². The fraction of sp³-hybridized carbons (Fsp3) is 0.316. The van der Waals surface area contributed by atoms with Crippen LogP contribution in [0.3, 0.4) is 0 Å². The fourth-order valence-corrected chi connectivity index (χ4v) is 3.27. The Labute approximate surface area is 156 Å². The number of nitrogens with one attached hydrogen (secondary N) is 2. The first-order chi connectivity index (χ1) is 12.6. The second-order valence-corrected chi connectivity index (χ2v) is 6.80. The molecule has 0 spiro atoms. The molecule has 0 radical (unpaired) electrons. The number of hydrogen-bond donors (Lipinski definition) is 2. The van der Waals surface area contributed by atoms with Crippen LogP contribution in [0.1, 0.15) is 18.4 Å². The third-order valence-electron chi connectivity index (χ3n) is 4.61. The number of fused-ring (bicyclic) bond motifs is 1. The number of anilines is 1. The van der Waals surface area contributed by atoms with E-state index in [4.69, 9.17) is 25.8 Å². The first kappa shape index (κ1) is 16.8. The molecule has 1 aliphatic heterocycles. The van der Waals surface area contributed by atoms with Gasteiger partial charge >= 0.3 is 6.03 Å². The summed E-state index contributed by atoms with van der Waals surface area (Å²) in [6.07, 6.45) is 1.74. The van der Waals surface area contributed by atoms with E-state index < -0.39 is 0 Å². The first-order valence-electron chi connectivity index (χ1n) is 8.42. The number of ether oxygens (including phenoxy) is 3. The Kier molecular flexibility index (Phi) is 4.28. The highest BCUT2D eigenvalue weighted by atomic mass is 35.5. The normalized spacial score (nSPS) is 16.5. The van der Waals surface area contributed by atoms with Crippen molar-refractivity contribution in [3.63, 3.8) is 0 Å². The minimum Gasteiger partial charge on any atom is -0.495 e. The van der Waals surface area contributed by atoms with Crippen LogP contribution in [0, 0.1) is 0 Å². The topological polar surface area (TPSA) is 68.8 Å². The van der Waals surface area contributed by atoms with Crippen LogP contribution in [0.2, 0.25) is 5.02 Å². The van der Waals surface area contributed by atoms with Gasteiger partial charge in [0.05, 0.1) is 18.3 Å². The van der Waals surface area contributed by atoms with Gasteiger partial charge in [0.25, 0.3) is 0 Å². The summed E-state index contributed by atoms with van der Waals surface area (Å²) >= 11 is 6.01. The number of hydrogen-bond acceptors (Lipinski definition) is 4. The number of rotatable bonds is 4. The lowest BCUT2D eigenvalue weighted by Gasteiger charge is -2.23. The summed E-state index contributed by atoms with van der Waals surface area (Å²) in [5.41, 5.74) is 1.15. The van der Waals surface area contributed by atoms with Crippen molar-refractivity contribution in [2.45, 2.75) is 18.4 Å². The number of urea groups is 1. The van der Waals surface area contributed by atoms with Crippen LogP contribution in [0.4, 0.5) is 10.5 Å². The number of halogens is 1. The van der Waals surface area contributed by atoms with E-state index in [-0.39, 0.29) is 11.6 Å². The maximum absolute atomic E-state index is 12.5. The van der Waals surface area contributed by atoms with Crippen molar-refractivity contribution in [1.82, 2.24) is 5.32 Å². The van der Waals surface area contributed by atoms with Crippen LogP contribution >= 0.6 is 11.6 Å². The van der Waals surface area contributed by atoms with E-state index in [1.54, 1.807) is 25.3 Å². The molecule has 1 heterocycles. The first-order valence-corrected chi connectivity index (χ1v) is 8.80. The van der Waals surface area contributed by atoms with Crippen molar-refractivity contribution in [3.8, 4) is 17.2 Å². The van der Waals surface area contributed by atoms with Gasteiger partial charge in [-0.2, -0.15) is 0 Å². The summed E-state index contributed by atoms with van der Waals surface area (Å²) in [4.78, 5) is 12.5. The van der Waals surface area contributed by atoms with Crippen molar-refractivity contribution < 1.29 is 19.0 Å². The zero-order valence-corrected chi connectivity index (χ0v) is 15.1. The van der Waals surface area contributed by atoms with Gasteiger partial charge in [-0.25, -0.2) is 4.79 Å². The molecule has 2 N–H and O–H groups in total. The Morgan fingerprint density at radius 3 is 2.62 bits per heavy atom. The second kappa shape index (κ2) is 6.61. The molecule has 26 heavy (non-hydrogen) atoms. The average molecular weight is 375 g/mol. The molecule has 2 aromatic rings. The minimum absolute atomic E-state index is 0.307. The van der Waals surface area contributed by atoms with Crippen LogP contribution < -0.4 is 24.8 Å². The van der Waals surface area contributed by atoms with Crippen LogP contribution in [0.5, 0.6) is 17.2 Å². The molecule has 1 fully saturated rings. The molecule has 0 aromatic heterocycles. The van der Waals surface area contributed by atoms with E-state index in [2.05, 4.69) is 10.6 Å². The molecular weight excluding hydrogens is 356 g/mol. The SMILES string of the molecule is COc1ccc(Cl)cc1NC(=O)NC1(c2ccc3c(c2)OCCO3)CC1. The van der Waals surface area contributed by atoms with Crippen molar-refractivity contribution in [2.75, 3.05) is 25.6 Å². The number of methoxy groups -OCH3 is 1. The van der Waals surface area contributed by atoms with E-state index in [1.807, 2.05) is 18.2 Å². The molecule has 1 aliphatic carbocycles. The molecular formula is C19H19ClN2O4. The van der Waals surface area contributed by atoms with Crippen LogP contribution in [-0.4, -0.2) is 26.4 Å². The standard InChI is InChI=1S/C19H19ClN2O4/c1-24-15-5-3-13(20)11-14(15)21-18(23)22-19(6-7-19)12-2-4-16-17(10-12)26-9-8-25-16/h2-5,10-11H,6-9H2,1H3,(H2,21,22,23). The summed E-state index contributed by atoms with van der Waals surface area (Å²) in [6, 6.07) is 10.6.